The van der Waals surface area contributed by atoms with E-state index in [0.717, 1.165) is 36.2 Å². The fourth-order valence-electron chi connectivity index (χ4n) is 1.69. The van der Waals surface area contributed by atoms with Crippen molar-refractivity contribution in [3.05, 3.63) is 24.5 Å². The van der Waals surface area contributed by atoms with Crippen molar-refractivity contribution >= 4 is 11.8 Å². The van der Waals surface area contributed by atoms with Crippen molar-refractivity contribution in [3.63, 3.8) is 0 Å². The Bertz CT molecular complexity index is 464. The fraction of sp³-hybridized carbons (Fsp3) is 0.545. The molecule has 0 saturated heterocycles. The normalized spacial score (nSPS) is 11.0. The van der Waals surface area contributed by atoms with Gasteiger partial charge in [-0.25, -0.2) is 4.98 Å². The summed E-state index contributed by atoms with van der Waals surface area (Å²) in [6.45, 7) is 4.42. The van der Waals surface area contributed by atoms with Gasteiger partial charge in [0.2, 0.25) is 0 Å². The lowest BCUT2D eigenvalue weighted by molar-refractivity contribution is 0.591. The maximum absolute atomic E-state index is 5.66. The Morgan fingerprint density at radius 2 is 2.22 bits per heavy atom. The molecule has 18 heavy (non-hydrogen) atoms. The first kappa shape index (κ1) is 13.1. The Labute approximate surface area is 111 Å². The van der Waals surface area contributed by atoms with E-state index < -0.39 is 0 Å². The third kappa shape index (κ3) is 3.11. The van der Waals surface area contributed by atoms with E-state index in [2.05, 4.69) is 31.2 Å². The minimum absolute atomic E-state index is 0.440. The van der Waals surface area contributed by atoms with Crippen LogP contribution in [-0.2, 0) is 19.6 Å². The van der Waals surface area contributed by atoms with Gasteiger partial charge in [0.05, 0.1) is 12.9 Å². The Hall–Kier alpha value is -1.34. The third-order valence-electron chi connectivity index (χ3n) is 2.56. The molecular weight excluding hydrogens is 248 g/mol. The predicted octanol–water partition coefficient (Wildman–Crippen LogP) is 1.14. The molecule has 0 atom stereocenters. The highest BCUT2D eigenvalue weighted by molar-refractivity contribution is 7.99. The summed E-state index contributed by atoms with van der Waals surface area (Å²) in [5, 5.41) is 9.27. The Kier molecular flexibility index (Phi) is 4.77. The van der Waals surface area contributed by atoms with Crippen molar-refractivity contribution in [1.29, 1.82) is 0 Å². The molecule has 0 fully saturated rings. The Balaban J connectivity index is 1.94. The number of imidazole rings is 1. The second kappa shape index (κ2) is 6.55. The number of nitrogens with zero attached hydrogens (tertiary/aromatic N) is 5. The Morgan fingerprint density at radius 1 is 1.33 bits per heavy atom. The van der Waals surface area contributed by atoms with Crippen LogP contribution >= 0.6 is 11.8 Å². The van der Waals surface area contributed by atoms with Gasteiger partial charge in [0, 0.05) is 31.2 Å². The summed E-state index contributed by atoms with van der Waals surface area (Å²) in [7, 11) is 0. The molecule has 0 aliphatic rings. The van der Waals surface area contributed by atoms with Crippen molar-refractivity contribution in [2.45, 2.75) is 38.1 Å². The van der Waals surface area contributed by atoms with E-state index in [4.69, 9.17) is 5.73 Å². The number of aromatic nitrogens is 5. The smallest absolute Gasteiger partial charge is 0.191 e. The second-order valence-electron chi connectivity index (χ2n) is 3.90. The van der Waals surface area contributed by atoms with Gasteiger partial charge < -0.3 is 14.9 Å². The zero-order valence-corrected chi connectivity index (χ0v) is 11.3. The van der Waals surface area contributed by atoms with Crippen LogP contribution in [0.25, 0.3) is 0 Å². The van der Waals surface area contributed by atoms with Crippen LogP contribution in [0.1, 0.15) is 19.2 Å². The molecule has 2 rings (SSSR count). The molecule has 0 aliphatic carbocycles. The molecule has 2 aromatic heterocycles. The zero-order valence-electron chi connectivity index (χ0n) is 10.5. The largest absolute Gasteiger partial charge is 0.337 e. The summed E-state index contributed by atoms with van der Waals surface area (Å²) in [5.41, 5.74) is 5.66. The van der Waals surface area contributed by atoms with Gasteiger partial charge in [-0.2, -0.15) is 0 Å². The monoisotopic (exact) mass is 266 g/mol. The minimum atomic E-state index is 0.440. The van der Waals surface area contributed by atoms with Crippen molar-refractivity contribution in [2.24, 2.45) is 5.73 Å². The van der Waals surface area contributed by atoms with E-state index in [1.165, 1.54) is 0 Å². The van der Waals surface area contributed by atoms with Gasteiger partial charge in [0.25, 0.3) is 0 Å². The molecule has 0 unspecified atom stereocenters. The lowest BCUT2D eigenvalue weighted by Gasteiger charge is -2.07. The quantitative estimate of drug-likeness (QED) is 0.761. The Morgan fingerprint density at radius 3 is 2.89 bits per heavy atom. The number of nitrogens with two attached hydrogens (primary N) is 1. The topological polar surface area (TPSA) is 74.6 Å². The molecule has 2 aromatic rings. The van der Waals surface area contributed by atoms with Crippen LogP contribution in [0.4, 0.5) is 0 Å². The summed E-state index contributed by atoms with van der Waals surface area (Å²) in [6.07, 6.45) is 6.63. The van der Waals surface area contributed by atoms with E-state index in [0.29, 0.717) is 6.54 Å². The maximum atomic E-state index is 5.66. The molecule has 0 aromatic carbocycles. The van der Waals surface area contributed by atoms with E-state index in [1.54, 1.807) is 18.0 Å². The van der Waals surface area contributed by atoms with Crippen LogP contribution in [0.5, 0.6) is 0 Å². The minimum Gasteiger partial charge on any atom is -0.337 e. The first-order valence-corrected chi connectivity index (χ1v) is 7.04. The van der Waals surface area contributed by atoms with Crippen molar-refractivity contribution in [3.8, 4) is 0 Å². The molecule has 0 amide bonds. The van der Waals surface area contributed by atoms with Gasteiger partial charge >= 0.3 is 0 Å². The first-order chi connectivity index (χ1) is 8.85. The number of rotatable bonds is 7. The number of hydrogen-bond acceptors (Lipinski definition) is 5. The maximum Gasteiger partial charge on any atom is 0.191 e. The first-order valence-electron chi connectivity index (χ1n) is 6.05. The van der Waals surface area contributed by atoms with Gasteiger partial charge in [-0.3, -0.25) is 0 Å². The van der Waals surface area contributed by atoms with Crippen LogP contribution in [0.15, 0.2) is 23.9 Å². The molecule has 6 nitrogen and oxygen atoms in total. The average molecular weight is 266 g/mol. The van der Waals surface area contributed by atoms with Crippen molar-refractivity contribution in [2.75, 3.05) is 5.75 Å². The molecular formula is C11H18N6S. The summed E-state index contributed by atoms with van der Waals surface area (Å²) in [4.78, 5) is 4.02. The summed E-state index contributed by atoms with van der Waals surface area (Å²) in [5.74, 6) is 1.81. The van der Waals surface area contributed by atoms with Crippen LogP contribution in [0.2, 0.25) is 0 Å². The summed E-state index contributed by atoms with van der Waals surface area (Å²) >= 11 is 1.71. The molecule has 0 spiro atoms. The molecule has 2 heterocycles. The molecule has 2 N–H and O–H groups in total. The zero-order chi connectivity index (χ0) is 12.8. The highest BCUT2D eigenvalue weighted by Crippen LogP contribution is 2.17. The highest BCUT2D eigenvalue weighted by Gasteiger charge is 2.10. The second-order valence-corrected chi connectivity index (χ2v) is 4.97. The van der Waals surface area contributed by atoms with Crippen LogP contribution < -0.4 is 5.73 Å². The predicted molar refractivity (Wildman–Crippen MR) is 71.2 cm³/mol. The molecule has 98 valence electrons. The van der Waals surface area contributed by atoms with Gasteiger partial charge in [-0.15, -0.1) is 10.2 Å². The van der Waals surface area contributed by atoms with E-state index >= 15 is 0 Å². The van der Waals surface area contributed by atoms with Gasteiger partial charge in [0.1, 0.15) is 5.82 Å². The van der Waals surface area contributed by atoms with E-state index in [1.807, 2.05) is 12.5 Å². The summed E-state index contributed by atoms with van der Waals surface area (Å²) < 4.78 is 4.16. The van der Waals surface area contributed by atoms with E-state index in [-0.39, 0.29) is 0 Å². The van der Waals surface area contributed by atoms with Crippen molar-refractivity contribution < 1.29 is 0 Å². The third-order valence-corrected chi connectivity index (χ3v) is 3.51. The average Bonchev–Trinajstić information content (AvgIpc) is 3.00. The molecule has 0 bridgehead atoms. The van der Waals surface area contributed by atoms with Gasteiger partial charge in [-0.05, 0) is 6.42 Å². The summed E-state index contributed by atoms with van der Waals surface area (Å²) in [6, 6.07) is 0. The SMILES string of the molecule is CCCn1c(CN)nnc1SCCn1ccnc1. The highest BCUT2D eigenvalue weighted by atomic mass is 32.2. The molecule has 7 heteroatoms. The number of thioether (sulfide) groups is 1. The fourth-order valence-corrected chi connectivity index (χ4v) is 2.62. The standard InChI is InChI=1S/C11H18N6S/c1-2-4-17-10(8-12)14-15-11(17)18-7-6-16-5-3-13-9-16/h3,5,9H,2,4,6-8,12H2,1H3. The van der Waals surface area contributed by atoms with E-state index in [9.17, 15) is 0 Å². The molecule has 0 radical (unpaired) electrons. The lowest BCUT2D eigenvalue weighted by Crippen LogP contribution is -2.09. The van der Waals surface area contributed by atoms with Crippen molar-refractivity contribution in [1.82, 2.24) is 24.3 Å². The molecule has 0 aliphatic heterocycles. The van der Waals surface area contributed by atoms with Crippen LogP contribution in [0, 0.1) is 0 Å². The van der Waals surface area contributed by atoms with Gasteiger partial charge in [-0.1, -0.05) is 18.7 Å². The number of aryl methyl sites for hydroxylation is 1. The lowest BCUT2D eigenvalue weighted by atomic mass is 10.4. The molecule has 0 saturated carbocycles. The van der Waals surface area contributed by atoms with Gasteiger partial charge in [0.15, 0.2) is 5.16 Å². The number of hydrogen-bond donors (Lipinski definition) is 1. The van der Waals surface area contributed by atoms with Crippen LogP contribution in [-0.4, -0.2) is 30.1 Å². The van der Waals surface area contributed by atoms with Crippen LogP contribution in [0.3, 0.4) is 0 Å².